The number of rotatable bonds is 7. The van der Waals surface area contributed by atoms with Gasteiger partial charge in [0.05, 0.1) is 23.4 Å². The van der Waals surface area contributed by atoms with Crippen LogP contribution in [-0.4, -0.2) is 75.6 Å². The molecule has 2 aromatic heterocycles. The third-order valence-corrected chi connectivity index (χ3v) is 7.99. The number of benzene rings is 2. The average molecular weight is 514 g/mol. The number of aromatic amines is 1. The van der Waals surface area contributed by atoms with Gasteiger partial charge in [-0.25, -0.2) is 4.39 Å². The highest BCUT2D eigenvalue weighted by Gasteiger charge is 2.20. The summed E-state index contributed by atoms with van der Waals surface area (Å²) < 4.78 is 17.2. The average Bonchev–Trinajstić information content (AvgIpc) is 3.59. The molecule has 0 bridgehead atoms. The molecule has 0 aliphatic carbocycles. The summed E-state index contributed by atoms with van der Waals surface area (Å²) in [4.78, 5) is 4.93. The van der Waals surface area contributed by atoms with E-state index in [9.17, 15) is 0 Å². The Labute approximate surface area is 223 Å². The molecule has 0 unspecified atom stereocenters. The monoisotopic (exact) mass is 513 g/mol. The number of piperazine rings is 1. The number of likely N-dealkylation sites (tertiary alicyclic amines) is 1. The normalized spacial score (nSPS) is 18.2. The van der Waals surface area contributed by atoms with Crippen molar-refractivity contribution in [1.29, 1.82) is 0 Å². The summed E-state index contributed by atoms with van der Waals surface area (Å²) >= 11 is 0. The van der Waals surface area contributed by atoms with E-state index in [1.807, 2.05) is 36.5 Å². The van der Waals surface area contributed by atoms with Gasteiger partial charge in [0.15, 0.2) is 0 Å². The van der Waals surface area contributed by atoms with Crippen LogP contribution in [0.1, 0.15) is 42.6 Å². The quantitative estimate of drug-likeness (QED) is 0.372. The molecular weight excluding hydrogens is 477 g/mol. The third-order valence-electron chi connectivity index (χ3n) is 7.99. The molecule has 38 heavy (non-hydrogen) atoms. The fraction of sp³-hybridized carbons (Fsp3) is 0.400. The Kier molecular flexibility index (Phi) is 7.35. The first-order valence-electron chi connectivity index (χ1n) is 13.8. The number of halogens is 1. The molecule has 0 atom stereocenters. The summed E-state index contributed by atoms with van der Waals surface area (Å²) in [5.74, 6) is -0.248. The summed E-state index contributed by atoms with van der Waals surface area (Å²) in [6.07, 6.45) is 10.3. The van der Waals surface area contributed by atoms with E-state index < -0.39 is 0 Å². The van der Waals surface area contributed by atoms with E-state index in [1.54, 1.807) is 6.07 Å². The van der Waals surface area contributed by atoms with Crippen LogP contribution in [0.3, 0.4) is 0 Å². The Balaban J connectivity index is 1.18. The summed E-state index contributed by atoms with van der Waals surface area (Å²) in [6.45, 7) is 10.7. The van der Waals surface area contributed by atoms with Crippen molar-refractivity contribution >= 4 is 23.1 Å². The number of hydrogen-bond acceptors (Lipinski definition) is 5. The zero-order chi connectivity index (χ0) is 25.9. The van der Waals surface area contributed by atoms with E-state index in [0.29, 0.717) is 17.1 Å². The first-order chi connectivity index (χ1) is 18.7. The maximum absolute atomic E-state index is 15.1. The van der Waals surface area contributed by atoms with Crippen molar-refractivity contribution in [3.63, 3.8) is 0 Å². The molecule has 4 aromatic rings. The van der Waals surface area contributed by atoms with Gasteiger partial charge in [0.25, 0.3) is 0 Å². The van der Waals surface area contributed by atoms with Crippen molar-refractivity contribution in [3.8, 4) is 11.1 Å². The van der Waals surface area contributed by atoms with Gasteiger partial charge in [-0.1, -0.05) is 31.2 Å². The fourth-order valence-electron chi connectivity index (χ4n) is 5.64. The second kappa shape index (κ2) is 11.2. The van der Waals surface area contributed by atoms with Crippen LogP contribution in [-0.2, 0) is 6.54 Å². The molecule has 0 radical (unpaired) electrons. The SMILES string of the molecule is CCN1CCC(n2cc(/C=C/c3n[nH]c4cc(F)c(-c5ccc(CN6CCNCC6)cc5)cc34)cn2)CC1. The molecular formula is C30H36FN7. The van der Waals surface area contributed by atoms with Gasteiger partial charge in [0.2, 0.25) is 0 Å². The van der Waals surface area contributed by atoms with Gasteiger partial charge in [-0.15, -0.1) is 0 Å². The predicted octanol–water partition coefficient (Wildman–Crippen LogP) is 4.80. The molecule has 6 rings (SSSR count). The predicted molar refractivity (Wildman–Crippen MR) is 151 cm³/mol. The summed E-state index contributed by atoms with van der Waals surface area (Å²) in [6, 6.07) is 12.2. The van der Waals surface area contributed by atoms with Crippen LogP contribution >= 0.6 is 0 Å². The number of nitrogens with one attached hydrogen (secondary N) is 2. The van der Waals surface area contributed by atoms with Crippen molar-refractivity contribution in [2.45, 2.75) is 32.4 Å². The molecule has 0 amide bonds. The molecule has 7 nitrogen and oxygen atoms in total. The van der Waals surface area contributed by atoms with Crippen molar-refractivity contribution < 1.29 is 4.39 Å². The minimum atomic E-state index is -0.248. The Morgan fingerprint density at radius 3 is 2.55 bits per heavy atom. The zero-order valence-corrected chi connectivity index (χ0v) is 22.0. The number of nitrogens with zero attached hydrogens (tertiary/aromatic N) is 5. The Morgan fingerprint density at radius 1 is 1.00 bits per heavy atom. The van der Waals surface area contributed by atoms with Gasteiger partial charge < -0.3 is 10.2 Å². The van der Waals surface area contributed by atoms with E-state index in [2.05, 4.69) is 60.3 Å². The van der Waals surface area contributed by atoms with Gasteiger partial charge in [0, 0.05) is 74.6 Å². The van der Waals surface area contributed by atoms with Crippen LogP contribution < -0.4 is 5.32 Å². The first-order valence-corrected chi connectivity index (χ1v) is 13.8. The topological polar surface area (TPSA) is 65.0 Å². The van der Waals surface area contributed by atoms with E-state index in [-0.39, 0.29) is 5.82 Å². The lowest BCUT2D eigenvalue weighted by Crippen LogP contribution is -2.42. The molecule has 2 fully saturated rings. The van der Waals surface area contributed by atoms with Crippen LogP contribution in [0, 0.1) is 5.82 Å². The largest absolute Gasteiger partial charge is 0.314 e. The van der Waals surface area contributed by atoms with E-state index >= 15 is 4.39 Å². The van der Waals surface area contributed by atoms with Crippen LogP contribution in [0.5, 0.6) is 0 Å². The highest BCUT2D eigenvalue weighted by molar-refractivity contribution is 5.92. The lowest BCUT2D eigenvalue weighted by atomic mass is 10.0. The number of H-pyrrole nitrogens is 1. The maximum Gasteiger partial charge on any atom is 0.133 e. The standard InChI is InChI=1S/C30H36FN7/c1-2-36-13-9-25(10-14-36)38-21-23(19-33-38)5-8-29-27-17-26(28(31)18-30(27)35-34-29)24-6-3-22(4-7-24)20-37-15-11-32-12-16-37/h3-8,17-19,21,25,32H,2,9-16,20H2,1H3,(H,34,35)/b8-5+. The molecule has 198 valence electrons. The second-order valence-corrected chi connectivity index (χ2v) is 10.5. The van der Waals surface area contributed by atoms with Crippen LogP contribution in [0.15, 0.2) is 48.8 Å². The van der Waals surface area contributed by atoms with E-state index in [1.165, 1.54) is 5.56 Å². The van der Waals surface area contributed by atoms with Gasteiger partial charge in [-0.2, -0.15) is 10.2 Å². The maximum atomic E-state index is 15.1. The van der Waals surface area contributed by atoms with Crippen molar-refractivity contribution in [1.82, 2.24) is 35.1 Å². The highest BCUT2D eigenvalue weighted by Crippen LogP contribution is 2.30. The molecule has 2 N–H and O–H groups in total. The molecule has 2 saturated heterocycles. The van der Waals surface area contributed by atoms with E-state index in [0.717, 1.165) is 87.4 Å². The summed E-state index contributed by atoms with van der Waals surface area (Å²) in [7, 11) is 0. The first kappa shape index (κ1) is 25.0. The van der Waals surface area contributed by atoms with Crippen molar-refractivity contribution in [2.24, 2.45) is 0 Å². The molecule has 2 aliphatic rings. The summed E-state index contributed by atoms with van der Waals surface area (Å²) in [5.41, 5.74) is 5.25. The smallest absolute Gasteiger partial charge is 0.133 e. The minimum absolute atomic E-state index is 0.248. The van der Waals surface area contributed by atoms with Gasteiger partial charge in [-0.3, -0.25) is 14.7 Å². The van der Waals surface area contributed by atoms with Gasteiger partial charge in [0.1, 0.15) is 5.82 Å². The second-order valence-electron chi connectivity index (χ2n) is 10.5. The van der Waals surface area contributed by atoms with Crippen LogP contribution in [0.25, 0.3) is 34.2 Å². The van der Waals surface area contributed by atoms with Gasteiger partial charge >= 0.3 is 0 Å². The number of fused-ring (bicyclic) bond motifs is 1. The van der Waals surface area contributed by atoms with Crippen molar-refractivity contribution in [3.05, 3.63) is 71.4 Å². The molecule has 2 aromatic carbocycles. The molecule has 2 aliphatic heterocycles. The highest BCUT2D eigenvalue weighted by atomic mass is 19.1. The fourth-order valence-corrected chi connectivity index (χ4v) is 5.64. The number of aromatic nitrogens is 4. The Morgan fingerprint density at radius 2 is 1.79 bits per heavy atom. The Hall–Kier alpha value is -3.33. The van der Waals surface area contributed by atoms with Crippen LogP contribution in [0.2, 0.25) is 0 Å². The Bertz CT molecular complexity index is 1390. The van der Waals surface area contributed by atoms with E-state index in [4.69, 9.17) is 0 Å². The third kappa shape index (κ3) is 5.43. The lowest BCUT2D eigenvalue weighted by Gasteiger charge is -2.31. The minimum Gasteiger partial charge on any atom is -0.314 e. The van der Waals surface area contributed by atoms with Crippen molar-refractivity contribution in [2.75, 3.05) is 45.8 Å². The van der Waals surface area contributed by atoms with Gasteiger partial charge in [-0.05, 0) is 48.7 Å². The molecule has 0 spiro atoms. The molecule has 0 saturated carbocycles. The summed E-state index contributed by atoms with van der Waals surface area (Å²) in [5, 5.41) is 16.4. The van der Waals surface area contributed by atoms with Crippen LogP contribution in [0.4, 0.5) is 4.39 Å². The lowest BCUT2D eigenvalue weighted by molar-refractivity contribution is 0.187. The molecule has 8 heteroatoms. The zero-order valence-electron chi connectivity index (χ0n) is 22.0. The molecule has 4 heterocycles. The number of hydrogen-bond donors (Lipinski definition) is 2. The number of piperidine rings is 1.